The summed E-state index contributed by atoms with van der Waals surface area (Å²) in [4.78, 5) is 36.7. The van der Waals surface area contributed by atoms with Gasteiger partial charge in [-0.15, -0.1) is 5.06 Å². The Bertz CT molecular complexity index is 469. The van der Waals surface area contributed by atoms with Crippen LogP contribution in [0, 0.1) is 5.41 Å². The molecule has 0 aliphatic rings. The van der Waals surface area contributed by atoms with E-state index in [0.717, 1.165) is 19.3 Å². The Morgan fingerprint density at radius 1 is 1.04 bits per heavy atom. The van der Waals surface area contributed by atoms with Crippen molar-refractivity contribution in [2.24, 2.45) is 5.41 Å². The molecule has 1 atom stereocenters. The van der Waals surface area contributed by atoms with Crippen molar-refractivity contribution in [3.63, 3.8) is 0 Å². The van der Waals surface area contributed by atoms with E-state index in [4.69, 9.17) is 0 Å². The fraction of sp³-hybridized carbons (Fsp3) is 0.833. The topological polar surface area (TPSA) is 98.7 Å². The maximum absolute atomic E-state index is 12.4. The summed E-state index contributed by atoms with van der Waals surface area (Å²) in [6, 6.07) is -1.80. The number of carbonyl (C=O) groups excluding carboxylic acids is 3. The van der Waals surface area contributed by atoms with Gasteiger partial charge in [0.2, 0.25) is 5.91 Å². The van der Waals surface area contributed by atoms with Gasteiger partial charge in [0.25, 0.3) is 5.91 Å². The lowest BCUT2D eigenvalue weighted by Crippen LogP contribution is -2.55. The van der Waals surface area contributed by atoms with Crippen LogP contribution < -0.4 is 10.6 Å². The van der Waals surface area contributed by atoms with E-state index in [9.17, 15) is 19.6 Å². The summed E-state index contributed by atoms with van der Waals surface area (Å²) in [6.45, 7) is 12.7. The van der Waals surface area contributed by atoms with Crippen LogP contribution in [0.3, 0.4) is 0 Å². The molecule has 0 aromatic carbocycles. The fourth-order valence-corrected chi connectivity index (χ4v) is 2.32. The van der Waals surface area contributed by atoms with Gasteiger partial charge in [0.1, 0.15) is 6.04 Å². The molecule has 0 aromatic heterocycles. The van der Waals surface area contributed by atoms with E-state index in [1.165, 1.54) is 0 Å². The van der Waals surface area contributed by atoms with Crippen LogP contribution >= 0.6 is 0 Å². The number of carbonyl (C=O) groups is 3. The highest BCUT2D eigenvalue weighted by atomic mass is 16.5. The number of hydrogen-bond acceptors (Lipinski definition) is 4. The molecule has 25 heavy (non-hydrogen) atoms. The van der Waals surface area contributed by atoms with Crippen LogP contribution in [0.4, 0.5) is 4.79 Å². The van der Waals surface area contributed by atoms with Gasteiger partial charge < -0.3 is 10.6 Å². The molecule has 0 heterocycles. The Morgan fingerprint density at radius 2 is 1.60 bits per heavy atom. The van der Waals surface area contributed by atoms with E-state index in [1.54, 1.807) is 20.8 Å². The summed E-state index contributed by atoms with van der Waals surface area (Å²) in [5.41, 5.74) is -1.29. The quantitative estimate of drug-likeness (QED) is 0.353. The first-order chi connectivity index (χ1) is 11.4. The van der Waals surface area contributed by atoms with E-state index in [-0.39, 0.29) is 11.0 Å². The Kier molecular flexibility index (Phi) is 9.11. The van der Waals surface area contributed by atoms with Crippen LogP contribution in [0.2, 0.25) is 0 Å². The summed E-state index contributed by atoms with van der Waals surface area (Å²) in [5.74, 6) is -1.03. The molecule has 0 aliphatic heterocycles. The first-order valence-electron chi connectivity index (χ1n) is 9.01. The van der Waals surface area contributed by atoms with Crippen molar-refractivity contribution < 1.29 is 19.6 Å². The van der Waals surface area contributed by atoms with Gasteiger partial charge in [-0.05, 0) is 33.6 Å². The number of hydroxylamine groups is 2. The second-order valence-electron chi connectivity index (χ2n) is 8.11. The molecule has 0 aliphatic carbocycles. The third kappa shape index (κ3) is 8.34. The molecule has 0 fully saturated rings. The average molecular weight is 357 g/mol. The van der Waals surface area contributed by atoms with Gasteiger partial charge in [-0.25, -0.2) is 4.79 Å². The average Bonchev–Trinajstić information content (AvgIpc) is 2.49. The van der Waals surface area contributed by atoms with Gasteiger partial charge >= 0.3 is 6.03 Å². The minimum atomic E-state index is -0.982. The van der Waals surface area contributed by atoms with E-state index in [0.29, 0.717) is 12.8 Å². The number of nitrogens with one attached hydrogen (secondary N) is 2. The maximum atomic E-state index is 12.4. The smallest absolute Gasteiger partial charge is 0.349 e. The standard InChI is InChI=1S/C18H35N3O4/c1-8-10-11-12-18(6,7)15(23)21(25)16(24)19-13(9-2)14(22)20-17(3,4)5/h13,25H,8-12H2,1-7H3,(H,19,24)(H,20,22). The molecule has 3 N–H and O–H groups in total. The number of unbranched alkanes of at least 4 members (excludes halogenated alkanes) is 2. The van der Waals surface area contributed by atoms with Crippen LogP contribution in [-0.2, 0) is 9.59 Å². The molecule has 0 saturated heterocycles. The molecule has 0 bridgehead atoms. The summed E-state index contributed by atoms with van der Waals surface area (Å²) in [6.07, 6.45) is 3.77. The predicted molar refractivity (Wildman–Crippen MR) is 97.1 cm³/mol. The Hall–Kier alpha value is -1.63. The van der Waals surface area contributed by atoms with Crippen LogP contribution in [0.15, 0.2) is 0 Å². The molecular formula is C18H35N3O4. The number of imide groups is 1. The molecule has 0 rings (SSSR count). The SMILES string of the molecule is CCCCCC(C)(C)C(=O)N(O)C(=O)NC(CC)C(=O)NC(C)(C)C. The van der Waals surface area contributed by atoms with Crippen LogP contribution in [-0.4, -0.2) is 39.7 Å². The van der Waals surface area contributed by atoms with Gasteiger partial charge in [0.05, 0.1) is 0 Å². The minimum Gasteiger partial charge on any atom is -0.350 e. The van der Waals surface area contributed by atoms with E-state index >= 15 is 0 Å². The third-order valence-electron chi connectivity index (χ3n) is 3.89. The van der Waals surface area contributed by atoms with Gasteiger partial charge in [-0.2, -0.15) is 0 Å². The van der Waals surface area contributed by atoms with E-state index < -0.39 is 28.9 Å². The Morgan fingerprint density at radius 3 is 2.04 bits per heavy atom. The molecule has 146 valence electrons. The van der Waals surface area contributed by atoms with E-state index in [1.807, 2.05) is 20.8 Å². The number of amides is 4. The first kappa shape index (κ1) is 23.4. The Labute approximate surface area is 151 Å². The normalized spacial score (nSPS) is 13.1. The highest BCUT2D eigenvalue weighted by Gasteiger charge is 2.35. The predicted octanol–water partition coefficient (Wildman–Crippen LogP) is 3.21. The lowest BCUT2D eigenvalue weighted by molar-refractivity contribution is -0.163. The van der Waals surface area contributed by atoms with Gasteiger partial charge in [0.15, 0.2) is 0 Å². The highest BCUT2D eigenvalue weighted by molar-refractivity contribution is 5.97. The van der Waals surface area contributed by atoms with Crippen LogP contribution in [0.5, 0.6) is 0 Å². The van der Waals surface area contributed by atoms with Crippen molar-refractivity contribution in [3.05, 3.63) is 0 Å². The third-order valence-corrected chi connectivity index (χ3v) is 3.89. The molecule has 1 unspecified atom stereocenters. The molecule has 7 nitrogen and oxygen atoms in total. The number of rotatable bonds is 8. The maximum Gasteiger partial charge on any atom is 0.349 e. The molecule has 0 spiro atoms. The molecule has 0 saturated carbocycles. The zero-order valence-corrected chi connectivity index (χ0v) is 16.7. The van der Waals surface area contributed by atoms with Crippen LogP contribution in [0.1, 0.15) is 80.6 Å². The molecule has 0 aromatic rings. The lowest BCUT2D eigenvalue weighted by Gasteiger charge is -2.29. The summed E-state index contributed by atoms with van der Waals surface area (Å²) < 4.78 is 0. The zero-order chi connectivity index (χ0) is 19.8. The van der Waals surface area contributed by atoms with Gasteiger partial charge in [-0.3, -0.25) is 14.8 Å². The van der Waals surface area contributed by atoms with Crippen LogP contribution in [0.25, 0.3) is 0 Å². The molecule has 4 amide bonds. The van der Waals surface area contributed by atoms with E-state index in [2.05, 4.69) is 17.6 Å². The first-order valence-corrected chi connectivity index (χ1v) is 9.01. The van der Waals surface area contributed by atoms with Crippen molar-refractivity contribution in [2.75, 3.05) is 0 Å². The second kappa shape index (κ2) is 9.75. The lowest BCUT2D eigenvalue weighted by atomic mass is 9.86. The fourth-order valence-electron chi connectivity index (χ4n) is 2.32. The zero-order valence-electron chi connectivity index (χ0n) is 16.7. The van der Waals surface area contributed by atoms with Crippen molar-refractivity contribution in [1.29, 1.82) is 0 Å². The monoisotopic (exact) mass is 357 g/mol. The second-order valence-corrected chi connectivity index (χ2v) is 8.11. The Balaban J connectivity index is 4.85. The van der Waals surface area contributed by atoms with Gasteiger partial charge in [-0.1, -0.05) is 47.0 Å². The number of hydrogen-bond donors (Lipinski definition) is 3. The molecule has 7 heteroatoms. The minimum absolute atomic E-state index is 0.0962. The van der Waals surface area contributed by atoms with Crippen molar-refractivity contribution >= 4 is 17.8 Å². The molecular weight excluding hydrogens is 322 g/mol. The number of nitrogens with zero attached hydrogens (tertiary/aromatic N) is 1. The van der Waals surface area contributed by atoms with Crippen molar-refractivity contribution in [2.45, 2.75) is 92.2 Å². The van der Waals surface area contributed by atoms with Crippen molar-refractivity contribution in [1.82, 2.24) is 15.7 Å². The number of urea groups is 1. The summed E-state index contributed by atoms with van der Waals surface area (Å²) in [7, 11) is 0. The highest BCUT2D eigenvalue weighted by Crippen LogP contribution is 2.26. The summed E-state index contributed by atoms with van der Waals surface area (Å²) in [5, 5.41) is 15.3. The van der Waals surface area contributed by atoms with Gasteiger partial charge in [0, 0.05) is 11.0 Å². The molecule has 0 radical (unpaired) electrons. The van der Waals surface area contributed by atoms with Crippen molar-refractivity contribution in [3.8, 4) is 0 Å². The largest absolute Gasteiger partial charge is 0.350 e. The summed E-state index contributed by atoms with van der Waals surface area (Å²) >= 11 is 0.